The lowest BCUT2D eigenvalue weighted by atomic mass is 10.2. The topological polar surface area (TPSA) is 29.9 Å². The van der Waals surface area contributed by atoms with Gasteiger partial charge in [-0.1, -0.05) is 6.58 Å². The van der Waals surface area contributed by atoms with E-state index in [1.807, 2.05) is 36.5 Å². The third-order valence-electron chi connectivity index (χ3n) is 2.23. The molecule has 2 heteroatoms. The van der Waals surface area contributed by atoms with Crippen molar-refractivity contribution in [1.82, 2.24) is 0 Å². The van der Waals surface area contributed by atoms with Gasteiger partial charge < -0.3 is 5.73 Å². The van der Waals surface area contributed by atoms with Gasteiger partial charge in [0.2, 0.25) is 5.52 Å². The number of nitrogens with zero attached hydrogens (tertiary/aromatic N) is 1. The summed E-state index contributed by atoms with van der Waals surface area (Å²) < 4.78 is 2.14. The summed E-state index contributed by atoms with van der Waals surface area (Å²) in [6.45, 7) is 4.56. The zero-order valence-corrected chi connectivity index (χ0v) is 7.98. The van der Waals surface area contributed by atoms with Gasteiger partial charge in [0, 0.05) is 23.2 Å². The number of benzene rings is 1. The minimum atomic E-state index is 0.800. The average molecular weight is 185 g/mol. The Morgan fingerprint density at radius 2 is 2.21 bits per heavy atom. The molecule has 0 spiro atoms. The fourth-order valence-electron chi connectivity index (χ4n) is 1.60. The number of allylic oxidation sites excluding steroid dienone is 1. The molecule has 2 nitrogen and oxygen atoms in total. The van der Waals surface area contributed by atoms with E-state index in [9.17, 15) is 0 Å². The van der Waals surface area contributed by atoms with E-state index in [2.05, 4.69) is 17.2 Å². The third kappa shape index (κ3) is 1.46. The maximum Gasteiger partial charge on any atom is 0.212 e. The van der Waals surface area contributed by atoms with E-state index >= 15 is 0 Å². The van der Waals surface area contributed by atoms with E-state index in [0.717, 1.165) is 17.6 Å². The number of nitrogen functional groups attached to an aromatic ring is 1. The number of rotatable bonds is 2. The van der Waals surface area contributed by atoms with E-state index in [1.54, 1.807) is 0 Å². The van der Waals surface area contributed by atoms with Crippen molar-refractivity contribution in [2.45, 2.75) is 6.54 Å². The molecule has 0 unspecified atom stereocenters. The van der Waals surface area contributed by atoms with Crippen LogP contribution in [0.3, 0.4) is 0 Å². The Bertz CT molecular complexity index is 475. The summed E-state index contributed by atoms with van der Waals surface area (Å²) in [6.07, 6.45) is 3.93. The van der Waals surface area contributed by atoms with Crippen LogP contribution in [0.1, 0.15) is 0 Å². The summed E-state index contributed by atoms with van der Waals surface area (Å²) >= 11 is 0. The second-order valence-electron chi connectivity index (χ2n) is 3.27. The zero-order chi connectivity index (χ0) is 9.97. The highest BCUT2D eigenvalue weighted by Crippen LogP contribution is 2.13. The summed E-state index contributed by atoms with van der Waals surface area (Å²) in [5.41, 5.74) is 7.70. The molecule has 1 heterocycles. The second kappa shape index (κ2) is 3.50. The second-order valence-corrected chi connectivity index (χ2v) is 3.27. The Morgan fingerprint density at radius 3 is 3.00 bits per heavy atom. The third-order valence-corrected chi connectivity index (χ3v) is 2.23. The highest BCUT2D eigenvalue weighted by Gasteiger charge is 2.05. The summed E-state index contributed by atoms with van der Waals surface area (Å²) in [5, 5.41) is 1.16. The SMILES string of the molecule is C=CC[n+]1cccc2cc(N)ccc21. The van der Waals surface area contributed by atoms with Crippen molar-refractivity contribution in [3.05, 3.63) is 49.2 Å². The van der Waals surface area contributed by atoms with Gasteiger partial charge in [-0.2, -0.15) is 4.57 Å². The summed E-state index contributed by atoms with van der Waals surface area (Å²) in [7, 11) is 0. The van der Waals surface area contributed by atoms with Gasteiger partial charge in [0.25, 0.3) is 0 Å². The number of aromatic nitrogens is 1. The molecule has 14 heavy (non-hydrogen) atoms. The average Bonchev–Trinajstić information content (AvgIpc) is 2.18. The molecule has 0 atom stereocenters. The van der Waals surface area contributed by atoms with Gasteiger partial charge >= 0.3 is 0 Å². The normalized spacial score (nSPS) is 10.3. The van der Waals surface area contributed by atoms with Crippen LogP contribution < -0.4 is 10.3 Å². The van der Waals surface area contributed by atoms with Gasteiger partial charge in [-0.15, -0.1) is 0 Å². The molecular weight excluding hydrogens is 172 g/mol. The number of anilines is 1. The first kappa shape index (κ1) is 8.75. The smallest absolute Gasteiger partial charge is 0.212 e. The van der Waals surface area contributed by atoms with Gasteiger partial charge in [-0.3, -0.25) is 0 Å². The van der Waals surface area contributed by atoms with E-state index in [1.165, 1.54) is 5.52 Å². The summed E-state index contributed by atoms with van der Waals surface area (Å²) in [5.74, 6) is 0. The highest BCUT2D eigenvalue weighted by atomic mass is 14.9. The van der Waals surface area contributed by atoms with Crippen molar-refractivity contribution < 1.29 is 4.57 Å². The Hall–Kier alpha value is -1.83. The number of fused-ring (bicyclic) bond motifs is 1. The van der Waals surface area contributed by atoms with Crippen molar-refractivity contribution in [2.75, 3.05) is 5.73 Å². The van der Waals surface area contributed by atoms with E-state index in [0.29, 0.717) is 0 Å². The maximum absolute atomic E-state index is 5.72. The van der Waals surface area contributed by atoms with Crippen molar-refractivity contribution in [3.63, 3.8) is 0 Å². The maximum atomic E-state index is 5.72. The Labute approximate surface area is 83.3 Å². The molecule has 2 aromatic rings. The molecule has 0 aliphatic carbocycles. The molecule has 1 aromatic heterocycles. The lowest BCUT2D eigenvalue weighted by Crippen LogP contribution is -2.32. The molecule has 0 radical (unpaired) electrons. The monoisotopic (exact) mass is 185 g/mol. The standard InChI is InChI=1S/C12H13N2/c1-2-7-14-8-3-4-10-9-11(13)5-6-12(10)14/h2-6,8-9H,1,7,13H2/q+1. The molecule has 1 aromatic carbocycles. The van der Waals surface area contributed by atoms with Crippen LogP contribution in [0.4, 0.5) is 5.69 Å². The van der Waals surface area contributed by atoms with E-state index in [-0.39, 0.29) is 0 Å². The van der Waals surface area contributed by atoms with Crippen LogP contribution in [0.15, 0.2) is 49.2 Å². The molecule has 0 fully saturated rings. The molecule has 2 N–H and O–H groups in total. The van der Waals surface area contributed by atoms with Gasteiger partial charge in [-0.25, -0.2) is 0 Å². The molecule has 70 valence electrons. The van der Waals surface area contributed by atoms with Crippen LogP contribution in [-0.2, 0) is 6.54 Å². The number of hydrogen-bond donors (Lipinski definition) is 1. The lowest BCUT2D eigenvalue weighted by molar-refractivity contribution is -0.660. The first-order valence-electron chi connectivity index (χ1n) is 4.60. The molecule has 0 bridgehead atoms. The molecule has 0 aliphatic heterocycles. The van der Waals surface area contributed by atoms with Crippen LogP contribution in [0.5, 0.6) is 0 Å². The largest absolute Gasteiger partial charge is 0.399 e. The fraction of sp³-hybridized carbons (Fsp3) is 0.0833. The first-order chi connectivity index (χ1) is 6.81. The quantitative estimate of drug-likeness (QED) is 0.432. The summed E-state index contributed by atoms with van der Waals surface area (Å²) in [6, 6.07) is 10.0. The molecule has 0 amide bonds. The van der Waals surface area contributed by atoms with Crippen LogP contribution in [0.25, 0.3) is 10.9 Å². The van der Waals surface area contributed by atoms with Crippen molar-refractivity contribution in [2.24, 2.45) is 0 Å². The molecule has 0 saturated heterocycles. The number of pyridine rings is 1. The minimum Gasteiger partial charge on any atom is -0.399 e. The Balaban J connectivity index is 2.68. The lowest BCUT2D eigenvalue weighted by Gasteiger charge is -1.99. The van der Waals surface area contributed by atoms with Crippen molar-refractivity contribution in [1.29, 1.82) is 0 Å². The van der Waals surface area contributed by atoms with Crippen LogP contribution in [0.2, 0.25) is 0 Å². The van der Waals surface area contributed by atoms with Crippen LogP contribution in [0, 0.1) is 0 Å². The Morgan fingerprint density at radius 1 is 1.36 bits per heavy atom. The van der Waals surface area contributed by atoms with Gasteiger partial charge in [0.15, 0.2) is 12.7 Å². The number of nitrogens with two attached hydrogens (primary N) is 1. The molecule has 2 rings (SSSR count). The number of hydrogen-bond acceptors (Lipinski definition) is 1. The minimum absolute atomic E-state index is 0.800. The van der Waals surface area contributed by atoms with Gasteiger partial charge in [0.05, 0.1) is 0 Å². The van der Waals surface area contributed by atoms with Crippen LogP contribution >= 0.6 is 0 Å². The van der Waals surface area contributed by atoms with Gasteiger partial charge in [0.1, 0.15) is 0 Å². The Kier molecular flexibility index (Phi) is 2.19. The van der Waals surface area contributed by atoms with Crippen molar-refractivity contribution in [3.8, 4) is 0 Å². The first-order valence-corrected chi connectivity index (χ1v) is 4.60. The molecular formula is C12H13N2+. The van der Waals surface area contributed by atoms with Crippen LogP contribution in [-0.4, -0.2) is 0 Å². The predicted molar refractivity (Wildman–Crippen MR) is 58.8 cm³/mol. The van der Waals surface area contributed by atoms with Gasteiger partial charge in [-0.05, 0) is 24.3 Å². The summed E-state index contributed by atoms with van der Waals surface area (Å²) in [4.78, 5) is 0. The fourth-order valence-corrected chi connectivity index (χ4v) is 1.60. The predicted octanol–water partition coefficient (Wildman–Crippen LogP) is 1.90. The molecule has 0 saturated carbocycles. The van der Waals surface area contributed by atoms with E-state index < -0.39 is 0 Å². The van der Waals surface area contributed by atoms with E-state index in [4.69, 9.17) is 5.73 Å². The molecule has 0 aliphatic rings. The zero-order valence-electron chi connectivity index (χ0n) is 7.98. The van der Waals surface area contributed by atoms with Crippen molar-refractivity contribution >= 4 is 16.6 Å². The highest BCUT2D eigenvalue weighted by molar-refractivity contribution is 5.79.